The van der Waals surface area contributed by atoms with Crippen molar-refractivity contribution in [1.82, 2.24) is 9.38 Å². The van der Waals surface area contributed by atoms with E-state index in [9.17, 15) is 4.79 Å². The molecule has 8 aromatic rings. The van der Waals surface area contributed by atoms with Crippen LogP contribution in [0.2, 0.25) is 0 Å². The van der Waals surface area contributed by atoms with Gasteiger partial charge in [0, 0.05) is 32.8 Å². The molecule has 6 aromatic carbocycles. The van der Waals surface area contributed by atoms with Gasteiger partial charge in [-0.3, -0.25) is 9.20 Å². The summed E-state index contributed by atoms with van der Waals surface area (Å²) in [5.74, 6) is 0. The molecule has 8 rings (SSSR count). The number of pyridine rings is 1. The molecule has 0 bridgehead atoms. The van der Waals surface area contributed by atoms with Crippen LogP contribution in [-0.4, -0.2) is 9.38 Å². The van der Waals surface area contributed by atoms with Crippen molar-refractivity contribution in [2.45, 2.75) is 6.92 Å². The van der Waals surface area contributed by atoms with Gasteiger partial charge in [-0.2, -0.15) is 0 Å². The Balaban J connectivity index is 1.55. The summed E-state index contributed by atoms with van der Waals surface area (Å²) in [6, 6.07) is 41.0. The lowest BCUT2D eigenvalue weighted by atomic mass is 9.91. The molecular formula is C37H25N3O. The van der Waals surface area contributed by atoms with Gasteiger partial charge in [-0.15, -0.1) is 0 Å². The van der Waals surface area contributed by atoms with Crippen LogP contribution in [0.4, 0.5) is 5.69 Å². The van der Waals surface area contributed by atoms with Crippen LogP contribution in [-0.2, 0) is 0 Å². The fraction of sp³-hybridized carbons (Fsp3) is 0.0270. The fourth-order valence-electron chi connectivity index (χ4n) is 6.33. The zero-order valence-corrected chi connectivity index (χ0v) is 22.4. The molecule has 0 unspecified atom stereocenters. The van der Waals surface area contributed by atoms with E-state index in [1.807, 2.05) is 72.8 Å². The van der Waals surface area contributed by atoms with Gasteiger partial charge in [-0.25, -0.2) is 4.98 Å². The molecule has 2 aromatic heterocycles. The Morgan fingerprint density at radius 1 is 0.610 bits per heavy atom. The van der Waals surface area contributed by atoms with Crippen molar-refractivity contribution in [3.05, 3.63) is 137 Å². The third-order valence-corrected chi connectivity index (χ3v) is 8.25. The number of benzene rings is 6. The molecule has 0 radical (unpaired) electrons. The van der Waals surface area contributed by atoms with E-state index in [1.165, 1.54) is 0 Å². The summed E-state index contributed by atoms with van der Waals surface area (Å²) in [7, 11) is 0. The van der Waals surface area contributed by atoms with Gasteiger partial charge in [-0.05, 0) is 70.6 Å². The molecule has 2 heterocycles. The van der Waals surface area contributed by atoms with Crippen LogP contribution in [0.5, 0.6) is 0 Å². The van der Waals surface area contributed by atoms with Gasteiger partial charge in [0.2, 0.25) is 0 Å². The number of aryl methyl sites for hydroxylation is 1. The Kier molecular flexibility index (Phi) is 5.01. The second-order valence-electron chi connectivity index (χ2n) is 10.6. The number of nitrogens with zero attached hydrogens (tertiary/aromatic N) is 2. The molecule has 0 amide bonds. The van der Waals surface area contributed by atoms with E-state index < -0.39 is 0 Å². The molecule has 0 fully saturated rings. The number of hydrogen-bond acceptors (Lipinski definition) is 3. The highest BCUT2D eigenvalue weighted by Crippen LogP contribution is 2.41. The largest absolute Gasteiger partial charge is 0.398 e. The summed E-state index contributed by atoms with van der Waals surface area (Å²) in [4.78, 5) is 19.6. The Hall–Kier alpha value is -5.48. The van der Waals surface area contributed by atoms with Crippen molar-refractivity contribution in [3.8, 4) is 33.4 Å². The second kappa shape index (κ2) is 8.77. The molecule has 194 valence electrons. The predicted octanol–water partition coefficient (Wildman–Crippen LogP) is 8.48. The zero-order valence-electron chi connectivity index (χ0n) is 22.4. The van der Waals surface area contributed by atoms with Crippen LogP contribution in [0.1, 0.15) is 5.56 Å². The molecule has 4 heteroatoms. The molecule has 4 nitrogen and oxygen atoms in total. The van der Waals surface area contributed by atoms with Crippen LogP contribution in [0.25, 0.3) is 71.6 Å². The first-order valence-corrected chi connectivity index (χ1v) is 13.7. The lowest BCUT2D eigenvalue weighted by molar-refractivity contribution is 1.19. The Labute approximate surface area is 236 Å². The Bertz CT molecular complexity index is 2340. The predicted molar refractivity (Wildman–Crippen MR) is 171 cm³/mol. The average molecular weight is 528 g/mol. The standard InChI is InChI=1S/C37H25N3O/c1-22-10-8-9-15-26(22)27-16-17-29-33-28(18-19-31(38)34(27)33)36-39-32-21-25(23-11-4-2-5-12-23)20-30(24-13-6-3-7-14-24)35(32)40(36)37(29)41/h2-21H,38H2,1H3. The van der Waals surface area contributed by atoms with Crippen molar-refractivity contribution in [3.63, 3.8) is 0 Å². The van der Waals surface area contributed by atoms with Crippen molar-refractivity contribution >= 4 is 43.9 Å². The number of nitrogens with two attached hydrogens (primary N) is 1. The van der Waals surface area contributed by atoms with Crippen LogP contribution < -0.4 is 11.3 Å². The Morgan fingerprint density at radius 3 is 2.05 bits per heavy atom. The van der Waals surface area contributed by atoms with E-state index in [4.69, 9.17) is 10.7 Å². The number of aromatic nitrogens is 2. The van der Waals surface area contributed by atoms with Gasteiger partial charge in [0.15, 0.2) is 0 Å². The van der Waals surface area contributed by atoms with E-state index >= 15 is 0 Å². The fourth-order valence-corrected chi connectivity index (χ4v) is 6.33. The molecule has 0 aliphatic rings. The Morgan fingerprint density at radius 2 is 1.29 bits per heavy atom. The first-order valence-electron chi connectivity index (χ1n) is 13.7. The molecule has 0 saturated carbocycles. The smallest absolute Gasteiger partial charge is 0.264 e. The molecule has 0 aliphatic heterocycles. The minimum atomic E-state index is -0.0911. The highest BCUT2D eigenvalue weighted by atomic mass is 16.1. The summed E-state index contributed by atoms with van der Waals surface area (Å²) >= 11 is 0. The highest BCUT2D eigenvalue weighted by Gasteiger charge is 2.22. The number of rotatable bonds is 3. The van der Waals surface area contributed by atoms with Crippen molar-refractivity contribution in [2.75, 3.05) is 5.73 Å². The monoisotopic (exact) mass is 527 g/mol. The van der Waals surface area contributed by atoms with Crippen LogP contribution in [0.15, 0.2) is 126 Å². The second-order valence-corrected chi connectivity index (χ2v) is 10.6. The maximum absolute atomic E-state index is 14.4. The minimum Gasteiger partial charge on any atom is -0.398 e. The lowest BCUT2D eigenvalue weighted by Gasteiger charge is -2.15. The number of nitrogen functional groups attached to an aromatic ring is 1. The zero-order chi connectivity index (χ0) is 27.7. The maximum atomic E-state index is 14.4. The maximum Gasteiger partial charge on any atom is 0.264 e. The van der Waals surface area contributed by atoms with E-state index in [2.05, 4.69) is 55.5 Å². The van der Waals surface area contributed by atoms with Crippen molar-refractivity contribution < 1.29 is 0 Å². The third kappa shape index (κ3) is 3.41. The van der Waals surface area contributed by atoms with Gasteiger partial charge < -0.3 is 5.73 Å². The lowest BCUT2D eigenvalue weighted by Crippen LogP contribution is -2.14. The average Bonchev–Trinajstić information content (AvgIpc) is 3.41. The summed E-state index contributed by atoms with van der Waals surface area (Å²) in [5.41, 5.74) is 16.9. The molecule has 0 saturated heterocycles. The molecular weight excluding hydrogens is 502 g/mol. The molecule has 2 N–H and O–H groups in total. The van der Waals surface area contributed by atoms with E-state index in [1.54, 1.807) is 4.40 Å². The first-order chi connectivity index (χ1) is 20.1. The van der Waals surface area contributed by atoms with Crippen LogP contribution >= 0.6 is 0 Å². The summed E-state index contributed by atoms with van der Waals surface area (Å²) in [6.07, 6.45) is 0. The number of anilines is 1. The normalized spacial score (nSPS) is 11.7. The summed E-state index contributed by atoms with van der Waals surface area (Å²) in [6.45, 7) is 2.10. The van der Waals surface area contributed by atoms with Crippen molar-refractivity contribution in [2.24, 2.45) is 0 Å². The van der Waals surface area contributed by atoms with Crippen LogP contribution in [0.3, 0.4) is 0 Å². The van der Waals surface area contributed by atoms with E-state index in [-0.39, 0.29) is 5.56 Å². The molecule has 0 aliphatic carbocycles. The highest BCUT2D eigenvalue weighted by molar-refractivity contribution is 6.23. The number of hydrogen-bond donors (Lipinski definition) is 1. The minimum absolute atomic E-state index is 0.0911. The molecule has 0 atom stereocenters. The first kappa shape index (κ1) is 23.4. The third-order valence-electron chi connectivity index (χ3n) is 8.25. The van der Waals surface area contributed by atoms with E-state index in [0.29, 0.717) is 16.7 Å². The van der Waals surface area contributed by atoms with Gasteiger partial charge in [0.05, 0.1) is 11.0 Å². The van der Waals surface area contributed by atoms with Gasteiger partial charge in [0.1, 0.15) is 5.65 Å². The topological polar surface area (TPSA) is 60.4 Å². The molecule has 0 spiro atoms. The van der Waals surface area contributed by atoms with Crippen LogP contribution in [0, 0.1) is 6.92 Å². The van der Waals surface area contributed by atoms with Gasteiger partial charge >= 0.3 is 0 Å². The SMILES string of the molecule is Cc1ccccc1-c1ccc2c(=O)n3c(nc4cc(-c5ccccc5)cc(-c5ccccc5)c43)c3ccc(N)c1c23. The van der Waals surface area contributed by atoms with Gasteiger partial charge in [-0.1, -0.05) is 91.0 Å². The van der Waals surface area contributed by atoms with Gasteiger partial charge in [0.25, 0.3) is 5.56 Å². The quantitative estimate of drug-likeness (QED) is 0.234. The van der Waals surface area contributed by atoms with Crippen molar-refractivity contribution in [1.29, 1.82) is 0 Å². The summed E-state index contributed by atoms with van der Waals surface area (Å²) < 4.78 is 1.80. The van der Waals surface area contributed by atoms with E-state index in [0.717, 1.165) is 66.1 Å². The molecule has 41 heavy (non-hydrogen) atoms. The number of imidazole rings is 1. The summed E-state index contributed by atoms with van der Waals surface area (Å²) in [5, 5.41) is 3.31. The number of fused-ring (bicyclic) bond motifs is 4.